The molecule has 1 aliphatic carbocycles. The molecule has 2 unspecified atom stereocenters. The first-order valence-corrected chi connectivity index (χ1v) is 8.30. The van der Waals surface area contributed by atoms with E-state index in [0.717, 1.165) is 23.8 Å². The van der Waals surface area contributed by atoms with Crippen molar-refractivity contribution >= 4 is 17.1 Å². The summed E-state index contributed by atoms with van der Waals surface area (Å²) in [7, 11) is 3.24. The summed E-state index contributed by atoms with van der Waals surface area (Å²) in [6.07, 6.45) is 5.80. The molecule has 1 fully saturated rings. The molecular formula is C16H23N5O3. The van der Waals surface area contributed by atoms with Crippen molar-refractivity contribution in [1.29, 1.82) is 0 Å². The number of amides is 1. The maximum absolute atomic E-state index is 12.6. The summed E-state index contributed by atoms with van der Waals surface area (Å²) in [5.41, 5.74) is -0.376. The molecule has 0 aliphatic heterocycles. The van der Waals surface area contributed by atoms with Crippen LogP contribution in [-0.4, -0.2) is 30.6 Å². The predicted molar refractivity (Wildman–Crippen MR) is 89.8 cm³/mol. The third-order valence-electron chi connectivity index (χ3n) is 4.96. The van der Waals surface area contributed by atoms with E-state index in [-0.39, 0.29) is 18.5 Å². The van der Waals surface area contributed by atoms with Crippen molar-refractivity contribution in [3.63, 3.8) is 0 Å². The van der Waals surface area contributed by atoms with Crippen molar-refractivity contribution in [3.8, 4) is 0 Å². The van der Waals surface area contributed by atoms with Gasteiger partial charge in [-0.2, -0.15) is 0 Å². The largest absolute Gasteiger partial charge is 0.352 e. The van der Waals surface area contributed by atoms with Gasteiger partial charge in [-0.15, -0.1) is 0 Å². The van der Waals surface area contributed by atoms with Crippen molar-refractivity contribution in [3.05, 3.63) is 27.2 Å². The quantitative estimate of drug-likeness (QED) is 0.864. The maximum atomic E-state index is 12.6. The van der Waals surface area contributed by atoms with Crippen LogP contribution in [0.25, 0.3) is 11.2 Å². The lowest BCUT2D eigenvalue weighted by molar-refractivity contribution is -0.123. The van der Waals surface area contributed by atoms with Gasteiger partial charge in [-0.3, -0.25) is 14.2 Å². The van der Waals surface area contributed by atoms with E-state index in [1.165, 1.54) is 17.3 Å². The van der Waals surface area contributed by atoms with Crippen LogP contribution in [0.15, 0.2) is 15.9 Å². The molecule has 8 nitrogen and oxygen atoms in total. The van der Waals surface area contributed by atoms with Crippen molar-refractivity contribution in [2.75, 3.05) is 0 Å². The Hall–Kier alpha value is -2.38. The lowest BCUT2D eigenvalue weighted by Crippen LogP contribution is -2.47. The SMILES string of the molecule is CC1CCCCC1NC(=O)Cn1c(=O)c2c(ncn2C)n(C)c1=O. The molecule has 0 bridgehead atoms. The summed E-state index contributed by atoms with van der Waals surface area (Å²) in [5, 5.41) is 2.98. The van der Waals surface area contributed by atoms with E-state index >= 15 is 0 Å². The minimum Gasteiger partial charge on any atom is -0.352 e. The molecular weight excluding hydrogens is 310 g/mol. The highest BCUT2D eigenvalue weighted by Crippen LogP contribution is 2.23. The van der Waals surface area contributed by atoms with E-state index in [1.807, 2.05) is 0 Å². The van der Waals surface area contributed by atoms with Gasteiger partial charge in [0.05, 0.1) is 6.33 Å². The lowest BCUT2D eigenvalue weighted by Gasteiger charge is -2.29. The summed E-state index contributed by atoms with van der Waals surface area (Å²) in [6, 6.07) is 0.117. The molecule has 0 aromatic carbocycles. The van der Waals surface area contributed by atoms with Crippen molar-refractivity contribution < 1.29 is 4.79 Å². The summed E-state index contributed by atoms with van der Waals surface area (Å²) >= 11 is 0. The van der Waals surface area contributed by atoms with Crippen LogP contribution in [0.1, 0.15) is 32.6 Å². The smallest absolute Gasteiger partial charge is 0.332 e. The van der Waals surface area contributed by atoms with Gasteiger partial charge in [-0.05, 0) is 18.8 Å². The zero-order chi connectivity index (χ0) is 17.4. The number of imidazole rings is 1. The fourth-order valence-corrected chi connectivity index (χ4v) is 3.46. The molecule has 1 aliphatic rings. The molecule has 2 aromatic heterocycles. The second-order valence-corrected chi connectivity index (χ2v) is 6.70. The average molecular weight is 333 g/mol. The van der Waals surface area contributed by atoms with Gasteiger partial charge < -0.3 is 9.88 Å². The van der Waals surface area contributed by atoms with Crippen LogP contribution in [0.3, 0.4) is 0 Å². The maximum Gasteiger partial charge on any atom is 0.332 e. The van der Waals surface area contributed by atoms with Gasteiger partial charge in [0.25, 0.3) is 5.56 Å². The number of hydrogen-bond acceptors (Lipinski definition) is 4. The first-order valence-electron chi connectivity index (χ1n) is 8.30. The van der Waals surface area contributed by atoms with Gasteiger partial charge in [0.15, 0.2) is 11.2 Å². The van der Waals surface area contributed by atoms with Crippen molar-refractivity contribution in [1.82, 2.24) is 24.0 Å². The second-order valence-electron chi connectivity index (χ2n) is 6.70. The van der Waals surface area contributed by atoms with Crippen LogP contribution in [0, 0.1) is 5.92 Å². The van der Waals surface area contributed by atoms with E-state index < -0.39 is 11.2 Å². The molecule has 3 rings (SSSR count). The number of fused-ring (bicyclic) bond motifs is 1. The highest BCUT2D eigenvalue weighted by atomic mass is 16.2. The van der Waals surface area contributed by atoms with Crippen molar-refractivity contribution in [2.45, 2.75) is 45.2 Å². The molecule has 2 atom stereocenters. The second kappa shape index (κ2) is 6.26. The van der Waals surface area contributed by atoms with E-state index in [4.69, 9.17) is 0 Å². The Labute approximate surface area is 139 Å². The fraction of sp³-hybridized carbons (Fsp3) is 0.625. The highest BCUT2D eigenvalue weighted by molar-refractivity contribution is 5.77. The molecule has 130 valence electrons. The first-order chi connectivity index (χ1) is 11.4. The fourth-order valence-electron chi connectivity index (χ4n) is 3.46. The Balaban J connectivity index is 1.90. The van der Waals surface area contributed by atoms with Gasteiger partial charge in [0, 0.05) is 20.1 Å². The minimum atomic E-state index is -0.530. The molecule has 2 aromatic rings. The molecule has 0 radical (unpaired) electrons. The topological polar surface area (TPSA) is 90.9 Å². The van der Waals surface area contributed by atoms with Crippen LogP contribution in [-0.2, 0) is 25.4 Å². The highest BCUT2D eigenvalue weighted by Gasteiger charge is 2.24. The standard InChI is InChI=1S/C16H23N5O3/c1-10-6-4-5-7-11(10)18-12(22)8-21-15(23)13-14(17-9-19(13)2)20(3)16(21)24/h9-11H,4-8H2,1-3H3,(H,18,22). The summed E-state index contributed by atoms with van der Waals surface area (Å²) in [4.78, 5) is 41.4. The van der Waals surface area contributed by atoms with E-state index in [1.54, 1.807) is 18.7 Å². The van der Waals surface area contributed by atoms with Gasteiger partial charge in [0.2, 0.25) is 5.91 Å². The summed E-state index contributed by atoms with van der Waals surface area (Å²) in [6.45, 7) is 1.85. The Kier molecular flexibility index (Phi) is 4.29. The van der Waals surface area contributed by atoms with E-state index in [0.29, 0.717) is 17.1 Å². The zero-order valence-electron chi connectivity index (χ0n) is 14.3. The van der Waals surface area contributed by atoms with E-state index in [2.05, 4.69) is 17.2 Å². The number of aryl methyl sites for hydroxylation is 2. The number of carbonyl (C=O) groups is 1. The van der Waals surface area contributed by atoms with E-state index in [9.17, 15) is 14.4 Å². The predicted octanol–water partition coefficient (Wildman–Crippen LogP) is 0.129. The van der Waals surface area contributed by atoms with Crippen LogP contribution >= 0.6 is 0 Å². The molecule has 1 saturated carbocycles. The van der Waals surface area contributed by atoms with Gasteiger partial charge in [-0.25, -0.2) is 14.3 Å². The normalized spacial score (nSPS) is 21.1. The first kappa shape index (κ1) is 16.5. The zero-order valence-corrected chi connectivity index (χ0v) is 14.3. The summed E-state index contributed by atoms with van der Waals surface area (Å²) in [5.74, 6) is 0.122. The molecule has 0 spiro atoms. The van der Waals surface area contributed by atoms with Crippen LogP contribution in [0.2, 0.25) is 0 Å². The Morgan fingerprint density at radius 3 is 2.71 bits per heavy atom. The molecule has 1 amide bonds. The average Bonchev–Trinajstić information content (AvgIpc) is 2.94. The Bertz CT molecular complexity index is 891. The number of carbonyl (C=O) groups excluding carboxylic acids is 1. The van der Waals surface area contributed by atoms with Crippen LogP contribution in [0.4, 0.5) is 0 Å². The molecule has 1 N–H and O–H groups in total. The molecule has 2 heterocycles. The summed E-state index contributed by atoms with van der Waals surface area (Å²) < 4.78 is 3.84. The van der Waals surface area contributed by atoms with Gasteiger partial charge in [0.1, 0.15) is 6.54 Å². The Morgan fingerprint density at radius 1 is 1.29 bits per heavy atom. The number of hydrogen-bond donors (Lipinski definition) is 1. The molecule has 24 heavy (non-hydrogen) atoms. The number of nitrogens with one attached hydrogen (secondary N) is 1. The third-order valence-corrected chi connectivity index (χ3v) is 4.96. The van der Waals surface area contributed by atoms with Gasteiger partial charge in [-0.1, -0.05) is 19.8 Å². The monoisotopic (exact) mass is 333 g/mol. The molecule has 0 saturated heterocycles. The number of aromatic nitrogens is 4. The third kappa shape index (κ3) is 2.76. The number of rotatable bonds is 3. The van der Waals surface area contributed by atoms with Gasteiger partial charge >= 0.3 is 5.69 Å². The number of nitrogens with zero attached hydrogens (tertiary/aromatic N) is 4. The van der Waals surface area contributed by atoms with Crippen LogP contribution < -0.4 is 16.6 Å². The minimum absolute atomic E-state index is 0.117. The van der Waals surface area contributed by atoms with Crippen molar-refractivity contribution in [2.24, 2.45) is 20.0 Å². The molecule has 8 heteroatoms. The Morgan fingerprint density at radius 2 is 2.00 bits per heavy atom. The van der Waals surface area contributed by atoms with Crippen LogP contribution in [0.5, 0.6) is 0 Å². The lowest BCUT2D eigenvalue weighted by atomic mass is 9.86.